The molecule has 3 heterocycles. The number of hydrogen-bond donors (Lipinski definition) is 1. The number of likely N-dealkylation sites (tertiary alicyclic amines) is 1. The fourth-order valence-electron chi connectivity index (χ4n) is 3.29. The first-order valence-electron chi connectivity index (χ1n) is 8.42. The second-order valence-corrected chi connectivity index (χ2v) is 6.09. The van der Waals surface area contributed by atoms with Crippen LogP contribution in [-0.2, 0) is 13.0 Å². The van der Waals surface area contributed by atoms with Crippen molar-refractivity contribution < 1.29 is 9.63 Å². The number of piperidine rings is 1. The minimum absolute atomic E-state index is 0.126. The van der Waals surface area contributed by atoms with Crippen molar-refractivity contribution >= 4 is 0 Å². The van der Waals surface area contributed by atoms with Gasteiger partial charge in [0.2, 0.25) is 5.89 Å². The highest BCUT2D eigenvalue weighted by molar-refractivity contribution is 5.09. The molecule has 7 heteroatoms. The number of aryl methyl sites for hydroxylation is 1. The first kappa shape index (κ1) is 16.1. The average molecular weight is 319 g/mol. The van der Waals surface area contributed by atoms with E-state index in [0.29, 0.717) is 18.4 Å². The van der Waals surface area contributed by atoms with Gasteiger partial charge in [-0.3, -0.25) is 9.58 Å². The standard InChI is InChI=1S/C16H25N5O2/c1-3-15-18-16(23-19-15)12(2)20-8-5-13(6-9-20)14-4-7-17-21(14)10-11-22/h4,7,12-13,22H,3,5-6,8-11H2,1-2H3/t12-/m0/s1. The summed E-state index contributed by atoms with van der Waals surface area (Å²) in [5.74, 6) is 1.99. The van der Waals surface area contributed by atoms with Gasteiger partial charge in [0.15, 0.2) is 5.82 Å². The number of rotatable bonds is 6. The Morgan fingerprint density at radius 3 is 2.83 bits per heavy atom. The second kappa shape index (κ2) is 7.23. The summed E-state index contributed by atoms with van der Waals surface area (Å²) in [7, 11) is 0. The molecule has 0 radical (unpaired) electrons. The van der Waals surface area contributed by atoms with Gasteiger partial charge < -0.3 is 9.63 Å². The minimum Gasteiger partial charge on any atom is -0.394 e. The SMILES string of the molecule is CCc1noc([C@H](C)N2CCC(c3ccnn3CCO)CC2)n1. The van der Waals surface area contributed by atoms with Crippen LogP contribution in [0.5, 0.6) is 0 Å². The van der Waals surface area contributed by atoms with E-state index >= 15 is 0 Å². The van der Waals surface area contributed by atoms with Crippen LogP contribution in [0.15, 0.2) is 16.8 Å². The number of hydrogen-bond acceptors (Lipinski definition) is 6. The van der Waals surface area contributed by atoms with E-state index in [1.54, 1.807) is 0 Å². The molecule has 1 N–H and O–H groups in total. The lowest BCUT2D eigenvalue weighted by Gasteiger charge is -2.34. The monoisotopic (exact) mass is 319 g/mol. The molecule has 0 unspecified atom stereocenters. The van der Waals surface area contributed by atoms with Gasteiger partial charge in [-0.05, 0) is 38.9 Å². The summed E-state index contributed by atoms with van der Waals surface area (Å²) < 4.78 is 7.30. The molecule has 2 aromatic heterocycles. The third-order valence-corrected chi connectivity index (χ3v) is 4.71. The van der Waals surface area contributed by atoms with Crippen molar-refractivity contribution in [3.05, 3.63) is 29.7 Å². The van der Waals surface area contributed by atoms with Gasteiger partial charge in [-0.15, -0.1) is 0 Å². The van der Waals surface area contributed by atoms with Gasteiger partial charge in [0, 0.05) is 24.2 Å². The van der Waals surface area contributed by atoms with E-state index in [1.165, 1.54) is 5.69 Å². The molecule has 1 atom stereocenters. The summed E-state index contributed by atoms with van der Waals surface area (Å²) in [6.07, 6.45) is 4.78. The molecule has 0 saturated carbocycles. The van der Waals surface area contributed by atoms with Crippen LogP contribution in [-0.4, -0.2) is 49.6 Å². The molecule has 2 aromatic rings. The highest BCUT2D eigenvalue weighted by Gasteiger charge is 2.28. The Kier molecular flexibility index (Phi) is 5.07. The highest BCUT2D eigenvalue weighted by Crippen LogP contribution is 2.31. The first-order valence-corrected chi connectivity index (χ1v) is 8.42. The Balaban J connectivity index is 1.60. The van der Waals surface area contributed by atoms with Gasteiger partial charge in [-0.2, -0.15) is 10.1 Å². The maximum absolute atomic E-state index is 9.13. The molecular weight excluding hydrogens is 294 g/mol. The molecule has 0 aliphatic carbocycles. The quantitative estimate of drug-likeness (QED) is 0.874. The summed E-state index contributed by atoms with van der Waals surface area (Å²) in [6, 6.07) is 2.23. The summed E-state index contributed by atoms with van der Waals surface area (Å²) >= 11 is 0. The highest BCUT2D eigenvalue weighted by atomic mass is 16.5. The molecule has 1 fully saturated rings. The van der Waals surface area contributed by atoms with Crippen LogP contribution in [0.1, 0.15) is 56.1 Å². The van der Waals surface area contributed by atoms with Gasteiger partial charge in [-0.25, -0.2) is 0 Å². The molecule has 1 saturated heterocycles. The zero-order valence-corrected chi connectivity index (χ0v) is 13.9. The molecule has 0 spiro atoms. The summed E-state index contributed by atoms with van der Waals surface area (Å²) in [5.41, 5.74) is 1.23. The minimum atomic E-state index is 0.126. The molecule has 1 aliphatic rings. The Labute approximate surface area is 136 Å². The predicted molar refractivity (Wildman–Crippen MR) is 85.0 cm³/mol. The zero-order chi connectivity index (χ0) is 16.2. The predicted octanol–water partition coefficient (Wildman–Crippen LogP) is 1.76. The smallest absolute Gasteiger partial charge is 0.243 e. The Bertz CT molecular complexity index is 616. The van der Waals surface area contributed by atoms with Gasteiger partial charge >= 0.3 is 0 Å². The van der Waals surface area contributed by atoms with E-state index in [0.717, 1.165) is 38.2 Å². The van der Waals surface area contributed by atoms with Crippen LogP contribution in [0.2, 0.25) is 0 Å². The summed E-state index contributed by atoms with van der Waals surface area (Å²) in [4.78, 5) is 6.85. The van der Waals surface area contributed by atoms with Gasteiger partial charge in [0.1, 0.15) is 0 Å². The lowest BCUT2D eigenvalue weighted by atomic mass is 9.92. The number of aromatic nitrogens is 4. The van der Waals surface area contributed by atoms with Gasteiger partial charge in [-0.1, -0.05) is 12.1 Å². The topological polar surface area (TPSA) is 80.2 Å². The van der Waals surface area contributed by atoms with E-state index in [9.17, 15) is 0 Å². The molecule has 0 aromatic carbocycles. The molecule has 3 rings (SSSR count). The van der Waals surface area contributed by atoms with E-state index in [1.807, 2.05) is 17.8 Å². The van der Waals surface area contributed by atoms with Crippen LogP contribution in [0, 0.1) is 0 Å². The first-order chi connectivity index (χ1) is 11.2. The van der Waals surface area contributed by atoms with E-state index in [2.05, 4.69) is 33.1 Å². The van der Waals surface area contributed by atoms with Gasteiger partial charge in [0.25, 0.3) is 0 Å². The molecule has 0 amide bonds. The van der Waals surface area contributed by atoms with E-state index in [4.69, 9.17) is 9.63 Å². The summed E-state index contributed by atoms with van der Waals surface area (Å²) in [6.45, 7) is 6.85. The fourth-order valence-corrected chi connectivity index (χ4v) is 3.29. The lowest BCUT2D eigenvalue weighted by molar-refractivity contribution is 0.134. The fraction of sp³-hybridized carbons (Fsp3) is 0.688. The van der Waals surface area contributed by atoms with Crippen molar-refractivity contribution in [2.24, 2.45) is 0 Å². The average Bonchev–Trinajstić information content (AvgIpc) is 3.24. The number of aliphatic hydroxyl groups excluding tert-OH is 1. The maximum atomic E-state index is 9.13. The Morgan fingerprint density at radius 2 is 2.17 bits per heavy atom. The molecule has 7 nitrogen and oxygen atoms in total. The Hall–Kier alpha value is -1.73. The van der Waals surface area contributed by atoms with Crippen LogP contribution < -0.4 is 0 Å². The molecule has 126 valence electrons. The third-order valence-electron chi connectivity index (χ3n) is 4.71. The van der Waals surface area contributed by atoms with E-state index in [-0.39, 0.29) is 12.6 Å². The molecule has 23 heavy (non-hydrogen) atoms. The zero-order valence-electron chi connectivity index (χ0n) is 13.9. The third kappa shape index (κ3) is 3.45. The number of nitrogens with zero attached hydrogens (tertiary/aromatic N) is 5. The van der Waals surface area contributed by atoms with Crippen molar-refractivity contribution in [1.29, 1.82) is 0 Å². The number of aliphatic hydroxyl groups is 1. The van der Waals surface area contributed by atoms with E-state index < -0.39 is 0 Å². The second-order valence-electron chi connectivity index (χ2n) is 6.09. The Morgan fingerprint density at radius 1 is 1.39 bits per heavy atom. The van der Waals surface area contributed by atoms with Crippen LogP contribution in [0.4, 0.5) is 0 Å². The van der Waals surface area contributed by atoms with Crippen LogP contribution in [0.25, 0.3) is 0 Å². The van der Waals surface area contributed by atoms with Crippen LogP contribution >= 0.6 is 0 Å². The van der Waals surface area contributed by atoms with Crippen molar-refractivity contribution in [3.63, 3.8) is 0 Å². The van der Waals surface area contributed by atoms with Crippen LogP contribution in [0.3, 0.4) is 0 Å². The maximum Gasteiger partial charge on any atom is 0.243 e. The normalized spacial score (nSPS) is 18.4. The van der Waals surface area contributed by atoms with Gasteiger partial charge in [0.05, 0.1) is 19.2 Å². The van der Waals surface area contributed by atoms with Crippen molar-refractivity contribution in [2.75, 3.05) is 19.7 Å². The summed E-state index contributed by atoms with van der Waals surface area (Å²) in [5, 5.41) is 17.4. The van der Waals surface area contributed by atoms with Crippen molar-refractivity contribution in [3.8, 4) is 0 Å². The van der Waals surface area contributed by atoms with Crippen molar-refractivity contribution in [2.45, 2.75) is 51.6 Å². The largest absolute Gasteiger partial charge is 0.394 e. The molecule has 1 aliphatic heterocycles. The van der Waals surface area contributed by atoms with Crippen molar-refractivity contribution in [1.82, 2.24) is 24.8 Å². The molecule has 0 bridgehead atoms. The lowest BCUT2D eigenvalue weighted by Crippen LogP contribution is -2.35. The molecular formula is C16H25N5O2.